The number of aromatic nitrogens is 1. The number of guanidine groups is 1. The van der Waals surface area contributed by atoms with Crippen molar-refractivity contribution in [3.8, 4) is 0 Å². The van der Waals surface area contributed by atoms with Crippen molar-refractivity contribution in [1.82, 2.24) is 15.6 Å². The van der Waals surface area contributed by atoms with E-state index in [1.54, 1.807) is 25.3 Å². The maximum Gasteiger partial charge on any atom is 0.191 e. The van der Waals surface area contributed by atoms with Crippen molar-refractivity contribution in [2.45, 2.75) is 26.9 Å². The van der Waals surface area contributed by atoms with Crippen LogP contribution in [0.25, 0.3) is 0 Å². The molecule has 1 aromatic carbocycles. The van der Waals surface area contributed by atoms with Gasteiger partial charge in [0.2, 0.25) is 0 Å². The van der Waals surface area contributed by atoms with E-state index in [1.807, 2.05) is 19.1 Å². The molecule has 7 heteroatoms. The first-order chi connectivity index (χ1) is 11.1. The van der Waals surface area contributed by atoms with Gasteiger partial charge in [-0.25, -0.2) is 14.4 Å². The molecule has 0 spiro atoms. The Morgan fingerprint density at radius 1 is 1.21 bits per heavy atom. The summed E-state index contributed by atoms with van der Waals surface area (Å²) >= 11 is 5.76. The predicted octanol–water partition coefficient (Wildman–Crippen LogP) is 4.06. The van der Waals surface area contributed by atoms with Crippen LogP contribution in [0.2, 0.25) is 5.15 Å². The lowest BCUT2D eigenvalue weighted by Gasteiger charge is -2.12. The fourth-order valence-corrected chi connectivity index (χ4v) is 2.06. The third kappa shape index (κ3) is 6.60. The van der Waals surface area contributed by atoms with Gasteiger partial charge in [-0.15, -0.1) is 24.0 Å². The molecule has 0 bridgehead atoms. The molecule has 0 unspecified atom stereocenters. The molecule has 1 heterocycles. The molecular weight excluding hydrogens is 442 g/mol. The molecule has 2 N–H and O–H groups in total. The molecule has 0 amide bonds. The van der Waals surface area contributed by atoms with E-state index in [1.165, 1.54) is 6.07 Å². The van der Waals surface area contributed by atoms with Crippen molar-refractivity contribution in [3.05, 3.63) is 64.2 Å². The normalized spacial score (nSPS) is 10.9. The van der Waals surface area contributed by atoms with Crippen LogP contribution in [-0.2, 0) is 13.1 Å². The minimum Gasteiger partial charge on any atom is -0.357 e. The van der Waals surface area contributed by atoms with Gasteiger partial charge in [0.25, 0.3) is 0 Å². The first-order valence-electron chi connectivity index (χ1n) is 7.46. The second-order valence-electron chi connectivity index (χ2n) is 5.12. The monoisotopic (exact) mass is 462 g/mol. The summed E-state index contributed by atoms with van der Waals surface area (Å²) < 4.78 is 13.6. The van der Waals surface area contributed by atoms with Gasteiger partial charge in [-0.2, -0.15) is 0 Å². The summed E-state index contributed by atoms with van der Waals surface area (Å²) in [4.78, 5) is 8.51. The highest BCUT2D eigenvalue weighted by atomic mass is 127. The lowest BCUT2D eigenvalue weighted by Crippen LogP contribution is -2.36. The van der Waals surface area contributed by atoms with Gasteiger partial charge in [0, 0.05) is 19.3 Å². The van der Waals surface area contributed by atoms with Crippen LogP contribution in [0.15, 0.2) is 41.5 Å². The average Bonchev–Trinajstić information content (AvgIpc) is 2.55. The number of rotatable bonds is 5. The lowest BCUT2D eigenvalue weighted by molar-refractivity contribution is 0.615. The van der Waals surface area contributed by atoms with Crippen LogP contribution in [-0.4, -0.2) is 17.5 Å². The fourth-order valence-electron chi connectivity index (χ4n) is 1.94. The largest absolute Gasteiger partial charge is 0.357 e. The van der Waals surface area contributed by atoms with E-state index in [0.29, 0.717) is 29.8 Å². The van der Waals surface area contributed by atoms with Crippen LogP contribution >= 0.6 is 35.6 Å². The molecule has 0 fully saturated rings. The van der Waals surface area contributed by atoms with Gasteiger partial charge in [0.15, 0.2) is 5.96 Å². The van der Waals surface area contributed by atoms with Crippen LogP contribution in [0.1, 0.15) is 23.6 Å². The Morgan fingerprint density at radius 2 is 1.96 bits per heavy atom. The number of nitrogens with zero attached hydrogens (tertiary/aromatic N) is 2. The predicted molar refractivity (Wildman–Crippen MR) is 107 cm³/mol. The first kappa shape index (κ1) is 20.6. The van der Waals surface area contributed by atoms with Crippen molar-refractivity contribution in [2.75, 3.05) is 6.54 Å². The highest BCUT2D eigenvalue weighted by Crippen LogP contribution is 2.09. The number of benzene rings is 1. The highest BCUT2D eigenvalue weighted by Gasteiger charge is 2.02. The summed E-state index contributed by atoms with van der Waals surface area (Å²) in [5.41, 5.74) is 2.48. The zero-order chi connectivity index (χ0) is 16.7. The van der Waals surface area contributed by atoms with Crippen molar-refractivity contribution in [1.29, 1.82) is 0 Å². The van der Waals surface area contributed by atoms with E-state index in [-0.39, 0.29) is 29.8 Å². The Kier molecular flexibility index (Phi) is 8.99. The van der Waals surface area contributed by atoms with Crippen LogP contribution in [0.4, 0.5) is 4.39 Å². The van der Waals surface area contributed by atoms with Crippen molar-refractivity contribution in [2.24, 2.45) is 4.99 Å². The molecule has 0 aliphatic carbocycles. The summed E-state index contributed by atoms with van der Waals surface area (Å²) in [5.74, 6) is 0.474. The Balaban J connectivity index is 0.00000288. The van der Waals surface area contributed by atoms with Crippen LogP contribution in [0.3, 0.4) is 0 Å². The molecule has 0 radical (unpaired) electrons. The number of halogens is 3. The number of hydrogen-bond acceptors (Lipinski definition) is 2. The van der Waals surface area contributed by atoms with Crippen molar-refractivity contribution < 1.29 is 4.39 Å². The first-order valence-corrected chi connectivity index (χ1v) is 7.84. The summed E-state index contributed by atoms with van der Waals surface area (Å²) in [6.07, 6.45) is 1.70. The topological polar surface area (TPSA) is 49.3 Å². The zero-order valence-electron chi connectivity index (χ0n) is 13.6. The highest BCUT2D eigenvalue weighted by molar-refractivity contribution is 14.0. The Morgan fingerprint density at radius 3 is 2.58 bits per heavy atom. The molecule has 0 saturated heterocycles. The SMILES string of the molecule is CCNC(=NCc1ccc(Cl)nc1)NCc1ccc(C)c(F)c1.I. The Hall–Kier alpha value is -1.41. The molecule has 0 saturated carbocycles. The maximum absolute atomic E-state index is 13.6. The van der Waals surface area contributed by atoms with E-state index in [2.05, 4.69) is 20.6 Å². The minimum atomic E-state index is -0.196. The molecule has 2 aromatic rings. The molecular formula is C17H21ClFIN4. The molecule has 1 aromatic heterocycles. The number of pyridine rings is 1. The zero-order valence-corrected chi connectivity index (χ0v) is 16.7. The summed E-state index contributed by atoms with van der Waals surface area (Å²) in [7, 11) is 0. The molecule has 2 rings (SSSR count). The van der Waals surface area contributed by atoms with Gasteiger partial charge in [0.05, 0.1) is 6.54 Å². The lowest BCUT2D eigenvalue weighted by atomic mass is 10.1. The fraction of sp³-hybridized carbons (Fsp3) is 0.294. The van der Waals surface area contributed by atoms with E-state index in [0.717, 1.165) is 17.7 Å². The van der Waals surface area contributed by atoms with Crippen LogP contribution in [0.5, 0.6) is 0 Å². The standard InChI is InChI=1S/C17H20ClFN4.HI/c1-3-20-17(23-11-14-6-7-16(18)21-10-14)22-9-13-5-4-12(2)15(19)8-13;/h4-8,10H,3,9,11H2,1-2H3,(H2,20,22,23);1H. The van der Waals surface area contributed by atoms with Gasteiger partial charge in [-0.1, -0.05) is 29.8 Å². The van der Waals surface area contributed by atoms with E-state index < -0.39 is 0 Å². The van der Waals surface area contributed by atoms with E-state index in [4.69, 9.17) is 11.6 Å². The van der Waals surface area contributed by atoms with Crippen molar-refractivity contribution in [3.63, 3.8) is 0 Å². The number of hydrogen-bond donors (Lipinski definition) is 2. The molecule has 24 heavy (non-hydrogen) atoms. The van der Waals surface area contributed by atoms with Gasteiger partial charge in [0.1, 0.15) is 11.0 Å². The second kappa shape index (κ2) is 10.5. The smallest absolute Gasteiger partial charge is 0.191 e. The van der Waals surface area contributed by atoms with Gasteiger partial charge in [-0.05, 0) is 42.7 Å². The number of aryl methyl sites for hydroxylation is 1. The van der Waals surface area contributed by atoms with Gasteiger partial charge >= 0.3 is 0 Å². The third-order valence-corrected chi connectivity index (χ3v) is 3.47. The van der Waals surface area contributed by atoms with E-state index >= 15 is 0 Å². The summed E-state index contributed by atoms with van der Waals surface area (Å²) in [6.45, 7) is 5.47. The Bertz CT molecular complexity index is 677. The van der Waals surface area contributed by atoms with E-state index in [9.17, 15) is 4.39 Å². The van der Waals surface area contributed by atoms with Crippen molar-refractivity contribution >= 4 is 41.5 Å². The molecule has 0 aliphatic heterocycles. The number of aliphatic imine (C=N–C) groups is 1. The molecule has 0 aliphatic rings. The summed E-state index contributed by atoms with van der Waals surface area (Å²) in [5, 5.41) is 6.81. The van der Waals surface area contributed by atoms with Crippen LogP contribution in [0, 0.1) is 12.7 Å². The number of nitrogens with one attached hydrogen (secondary N) is 2. The third-order valence-electron chi connectivity index (χ3n) is 3.25. The molecule has 4 nitrogen and oxygen atoms in total. The minimum absolute atomic E-state index is 0. The van der Waals surface area contributed by atoms with Gasteiger partial charge in [-0.3, -0.25) is 0 Å². The average molecular weight is 463 g/mol. The quantitative estimate of drug-likeness (QED) is 0.305. The summed E-state index contributed by atoms with van der Waals surface area (Å²) in [6, 6.07) is 8.84. The van der Waals surface area contributed by atoms with Crippen LogP contribution < -0.4 is 10.6 Å². The molecule has 0 atom stereocenters. The molecule has 130 valence electrons. The Labute approximate surface area is 164 Å². The van der Waals surface area contributed by atoms with Gasteiger partial charge < -0.3 is 10.6 Å². The maximum atomic E-state index is 13.6. The second-order valence-corrected chi connectivity index (χ2v) is 5.51.